The summed E-state index contributed by atoms with van der Waals surface area (Å²) in [5.41, 5.74) is 1.10. The molecule has 2 aromatic carbocycles. The van der Waals surface area contributed by atoms with Gasteiger partial charge in [0.15, 0.2) is 0 Å². The first kappa shape index (κ1) is 16.5. The molecule has 1 amide bonds. The van der Waals surface area contributed by atoms with Gasteiger partial charge in [-0.3, -0.25) is 4.79 Å². The third kappa shape index (κ3) is 4.32. The fourth-order valence-electron chi connectivity index (χ4n) is 2.72. The molecular formula is C19H21FN2O2. The van der Waals surface area contributed by atoms with Crippen molar-refractivity contribution in [1.29, 1.82) is 0 Å². The van der Waals surface area contributed by atoms with Crippen LogP contribution in [0.3, 0.4) is 0 Å². The zero-order valence-corrected chi connectivity index (χ0v) is 13.7. The van der Waals surface area contributed by atoms with E-state index in [1.54, 1.807) is 0 Å². The van der Waals surface area contributed by atoms with Crippen LogP contribution in [0.4, 0.5) is 10.1 Å². The average molecular weight is 328 g/mol. The molecule has 1 N–H and O–H groups in total. The van der Waals surface area contributed by atoms with Crippen molar-refractivity contribution in [1.82, 2.24) is 4.90 Å². The summed E-state index contributed by atoms with van der Waals surface area (Å²) in [6, 6.07) is 12.8. The SMILES string of the molecule is CN1CCC(Oc2ccc(NC(=O)c3ccc(F)cc3)cc2)CC1. The molecule has 126 valence electrons. The van der Waals surface area contributed by atoms with Crippen LogP contribution in [-0.4, -0.2) is 37.0 Å². The maximum atomic E-state index is 12.9. The molecule has 0 atom stereocenters. The molecule has 0 spiro atoms. The quantitative estimate of drug-likeness (QED) is 0.933. The molecule has 1 aliphatic heterocycles. The van der Waals surface area contributed by atoms with Crippen molar-refractivity contribution in [3.63, 3.8) is 0 Å². The molecule has 1 aliphatic rings. The third-order valence-electron chi connectivity index (χ3n) is 4.19. The number of likely N-dealkylation sites (tertiary alicyclic amines) is 1. The number of carbonyl (C=O) groups excluding carboxylic acids is 1. The summed E-state index contributed by atoms with van der Waals surface area (Å²) in [6.07, 6.45) is 2.31. The lowest BCUT2D eigenvalue weighted by Crippen LogP contribution is -2.35. The Bertz CT molecular complexity index is 678. The maximum Gasteiger partial charge on any atom is 0.255 e. The van der Waals surface area contributed by atoms with Gasteiger partial charge in [0.2, 0.25) is 0 Å². The van der Waals surface area contributed by atoms with E-state index in [9.17, 15) is 9.18 Å². The van der Waals surface area contributed by atoms with Crippen LogP contribution in [0.15, 0.2) is 48.5 Å². The molecule has 5 heteroatoms. The number of piperidine rings is 1. The highest BCUT2D eigenvalue weighted by Crippen LogP contribution is 2.21. The van der Waals surface area contributed by atoms with Gasteiger partial charge in [0, 0.05) is 24.3 Å². The largest absolute Gasteiger partial charge is 0.490 e. The van der Waals surface area contributed by atoms with Crippen LogP contribution in [0.5, 0.6) is 5.75 Å². The number of amides is 1. The Morgan fingerprint density at radius 1 is 1.08 bits per heavy atom. The Kier molecular flexibility index (Phi) is 5.11. The monoisotopic (exact) mass is 328 g/mol. The number of ether oxygens (including phenoxy) is 1. The lowest BCUT2D eigenvalue weighted by atomic mass is 10.1. The number of benzene rings is 2. The summed E-state index contributed by atoms with van der Waals surface area (Å²) in [4.78, 5) is 14.4. The van der Waals surface area contributed by atoms with Crippen LogP contribution >= 0.6 is 0 Å². The molecule has 0 aromatic heterocycles. The van der Waals surface area contributed by atoms with E-state index in [2.05, 4.69) is 17.3 Å². The minimum Gasteiger partial charge on any atom is -0.490 e. The van der Waals surface area contributed by atoms with Crippen LogP contribution in [0, 0.1) is 5.82 Å². The molecule has 1 heterocycles. The van der Waals surface area contributed by atoms with Crippen molar-refractivity contribution >= 4 is 11.6 Å². The van der Waals surface area contributed by atoms with E-state index in [1.807, 2.05) is 24.3 Å². The highest BCUT2D eigenvalue weighted by molar-refractivity contribution is 6.04. The molecule has 24 heavy (non-hydrogen) atoms. The van der Waals surface area contributed by atoms with Crippen molar-refractivity contribution in [3.8, 4) is 5.75 Å². The van der Waals surface area contributed by atoms with Crippen LogP contribution in [-0.2, 0) is 0 Å². The van der Waals surface area contributed by atoms with Crippen molar-refractivity contribution in [2.75, 3.05) is 25.5 Å². The van der Waals surface area contributed by atoms with Gasteiger partial charge in [0.1, 0.15) is 17.7 Å². The van der Waals surface area contributed by atoms with Gasteiger partial charge in [-0.2, -0.15) is 0 Å². The number of hydrogen-bond acceptors (Lipinski definition) is 3. The molecule has 4 nitrogen and oxygen atoms in total. The highest BCUT2D eigenvalue weighted by atomic mass is 19.1. The van der Waals surface area contributed by atoms with E-state index in [1.165, 1.54) is 24.3 Å². The molecule has 1 fully saturated rings. The minimum atomic E-state index is -0.359. The first-order valence-corrected chi connectivity index (χ1v) is 8.12. The van der Waals surface area contributed by atoms with Gasteiger partial charge in [-0.1, -0.05) is 0 Å². The second kappa shape index (κ2) is 7.45. The third-order valence-corrected chi connectivity index (χ3v) is 4.19. The van der Waals surface area contributed by atoms with E-state index in [-0.39, 0.29) is 17.8 Å². The Balaban J connectivity index is 1.56. The normalized spacial score (nSPS) is 15.9. The second-order valence-corrected chi connectivity index (χ2v) is 6.11. The molecule has 0 radical (unpaired) electrons. The highest BCUT2D eigenvalue weighted by Gasteiger charge is 2.17. The predicted octanol–water partition coefficient (Wildman–Crippen LogP) is 3.55. The first-order valence-electron chi connectivity index (χ1n) is 8.12. The Labute approximate surface area is 141 Å². The molecule has 0 saturated carbocycles. The topological polar surface area (TPSA) is 41.6 Å². The maximum absolute atomic E-state index is 12.9. The van der Waals surface area contributed by atoms with Gasteiger partial charge in [0.25, 0.3) is 5.91 Å². The zero-order valence-electron chi connectivity index (χ0n) is 13.7. The van der Waals surface area contributed by atoms with Crippen molar-refractivity contribution in [2.24, 2.45) is 0 Å². The number of anilines is 1. The fourth-order valence-corrected chi connectivity index (χ4v) is 2.72. The zero-order chi connectivity index (χ0) is 16.9. The van der Waals surface area contributed by atoms with Crippen molar-refractivity contribution in [2.45, 2.75) is 18.9 Å². The minimum absolute atomic E-state index is 0.251. The van der Waals surface area contributed by atoms with Gasteiger partial charge in [0.05, 0.1) is 0 Å². The summed E-state index contributed by atoms with van der Waals surface area (Å²) in [5, 5.41) is 2.79. The van der Waals surface area contributed by atoms with Gasteiger partial charge in [-0.25, -0.2) is 4.39 Å². The van der Waals surface area contributed by atoms with E-state index < -0.39 is 0 Å². The van der Waals surface area contributed by atoms with Crippen LogP contribution in [0.2, 0.25) is 0 Å². The van der Waals surface area contributed by atoms with Gasteiger partial charge >= 0.3 is 0 Å². The Hall–Kier alpha value is -2.40. The lowest BCUT2D eigenvalue weighted by Gasteiger charge is -2.29. The van der Waals surface area contributed by atoms with Crippen molar-refractivity contribution < 1.29 is 13.9 Å². The lowest BCUT2D eigenvalue weighted by molar-refractivity contribution is 0.102. The fraction of sp³-hybridized carbons (Fsp3) is 0.316. The Morgan fingerprint density at radius 3 is 2.33 bits per heavy atom. The van der Waals surface area contributed by atoms with Crippen LogP contribution in [0.25, 0.3) is 0 Å². The molecule has 2 aromatic rings. The predicted molar refractivity (Wildman–Crippen MR) is 91.9 cm³/mol. The summed E-state index contributed by atoms with van der Waals surface area (Å²) < 4.78 is 18.9. The van der Waals surface area contributed by atoms with Gasteiger partial charge in [-0.05, 0) is 68.4 Å². The molecule has 0 unspecified atom stereocenters. The van der Waals surface area contributed by atoms with E-state index in [0.717, 1.165) is 31.7 Å². The summed E-state index contributed by atoms with van der Waals surface area (Å²) in [7, 11) is 2.12. The molecule has 0 aliphatic carbocycles. The summed E-state index contributed by atoms with van der Waals surface area (Å²) in [6.45, 7) is 2.10. The first-order chi connectivity index (χ1) is 11.6. The number of hydrogen-bond donors (Lipinski definition) is 1. The summed E-state index contributed by atoms with van der Waals surface area (Å²) in [5.74, 6) is 0.185. The number of nitrogens with zero attached hydrogens (tertiary/aromatic N) is 1. The van der Waals surface area contributed by atoms with Crippen LogP contribution < -0.4 is 10.1 Å². The number of halogens is 1. The Morgan fingerprint density at radius 2 is 1.71 bits per heavy atom. The molecular weight excluding hydrogens is 307 g/mol. The van der Waals surface area contributed by atoms with Crippen LogP contribution in [0.1, 0.15) is 23.2 Å². The number of nitrogens with one attached hydrogen (secondary N) is 1. The van der Waals surface area contributed by atoms with Gasteiger partial charge in [-0.15, -0.1) is 0 Å². The van der Waals surface area contributed by atoms with Gasteiger partial charge < -0.3 is 15.0 Å². The van der Waals surface area contributed by atoms with E-state index in [0.29, 0.717) is 11.3 Å². The van der Waals surface area contributed by atoms with E-state index >= 15 is 0 Å². The van der Waals surface area contributed by atoms with E-state index in [4.69, 9.17) is 4.74 Å². The number of rotatable bonds is 4. The summed E-state index contributed by atoms with van der Waals surface area (Å²) >= 11 is 0. The second-order valence-electron chi connectivity index (χ2n) is 6.11. The number of carbonyl (C=O) groups is 1. The van der Waals surface area contributed by atoms with Crippen molar-refractivity contribution in [3.05, 3.63) is 59.9 Å². The molecule has 0 bridgehead atoms. The smallest absolute Gasteiger partial charge is 0.255 e. The molecule has 1 saturated heterocycles. The average Bonchev–Trinajstić information content (AvgIpc) is 2.59. The standard InChI is InChI=1S/C19H21FN2O2/c1-22-12-10-18(11-13-22)24-17-8-6-16(7-9-17)21-19(23)14-2-4-15(20)5-3-14/h2-9,18H,10-13H2,1H3,(H,21,23). The molecule has 3 rings (SSSR count).